The Morgan fingerprint density at radius 1 is 1.06 bits per heavy atom. The Balaban J connectivity index is 1.40. The number of carbonyl (C=O) groups excluding carboxylic acids is 1. The summed E-state index contributed by atoms with van der Waals surface area (Å²) in [5.41, 5.74) is 2.79. The molecule has 2 aromatic carbocycles. The van der Waals surface area contributed by atoms with E-state index in [-0.39, 0.29) is 11.7 Å². The molecule has 3 aromatic rings. The Kier molecular flexibility index (Phi) is 7.44. The topological polar surface area (TPSA) is 70.6 Å². The fourth-order valence-corrected chi connectivity index (χ4v) is 4.06. The molecule has 0 atom stereocenters. The quantitative estimate of drug-likeness (QED) is 0.481. The van der Waals surface area contributed by atoms with Gasteiger partial charge in [0, 0.05) is 49.4 Å². The number of rotatable bonds is 6. The summed E-state index contributed by atoms with van der Waals surface area (Å²) in [4.78, 5) is 26.5. The maximum absolute atomic E-state index is 12.4. The highest BCUT2D eigenvalue weighted by Gasteiger charge is 2.30. The Labute approximate surface area is 207 Å². The number of fused-ring (bicyclic) bond motifs is 1. The van der Waals surface area contributed by atoms with Crippen molar-refractivity contribution in [3.63, 3.8) is 0 Å². The first kappa shape index (κ1) is 25.4. The maximum Gasteiger partial charge on any atom is 0.573 e. The Hall–Kier alpha value is -3.66. The molecule has 0 radical (unpaired) electrons. The third-order valence-electron chi connectivity index (χ3n) is 6.01. The number of benzene rings is 2. The normalized spacial score (nSPS) is 15.1. The van der Waals surface area contributed by atoms with Crippen LogP contribution in [0.4, 0.5) is 24.8 Å². The van der Waals surface area contributed by atoms with Crippen LogP contribution >= 0.6 is 0 Å². The van der Waals surface area contributed by atoms with Crippen LogP contribution < -0.4 is 15.0 Å². The first-order chi connectivity index (χ1) is 17.1. The first-order valence-corrected chi connectivity index (χ1v) is 11.7. The summed E-state index contributed by atoms with van der Waals surface area (Å²) >= 11 is 0. The molecule has 190 valence electrons. The van der Waals surface area contributed by atoms with Crippen LogP contribution in [0.5, 0.6) is 5.75 Å². The molecule has 0 bridgehead atoms. The molecular weight excluding hydrogens is 471 g/mol. The van der Waals surface area contributed by atoms with Crippen molar-refractivity contribution in [3.05, 3.63) is 59.8 Å². The average Bonchev–Trinajstić information content (AvgIpc) is 2.83. The number of nitrogens with one attached hydrogen (secondary N) is 1. The van der Waals surface area contributed by atoms with Crippen LogP contribution in [0, 0.1) is 6.92 Å². The number of piperazine rings is 1. The van der Waals surface area contributed by atoms with Crippen molar-refractivity contribution in [1.82, 2.24) is 14.9 Å². The number of nitrogens with zero attached hydrogens (tertiary/aromatic N) is 4. The molecular formula is C26H28F3N5O2. The van der Waals surface area contributed by atoms with Gasteiger partial charge in [-0.25, -0.2) is 9.97 Å². The molecule has 2 heterocycles. The zero-order valence-corrected chi connectivity index (χ0v) is 20.3. The van der Waals surface area contributed by atoms with E-state index in [1.165, 1.54) is 36.4 Å². The molecule has 1 aromatic heterocycles. The van der Waals surface area contributed by atoms with Gasteiger partial charge in [-0.2, -0.15) is 0 Å². The largest absolute Gasteiger partial charge is 0.573 e. The van der Waals surface area contributed by atoms with Crippen molar-refractivity contribution < 1.29 is 22.7 Å². The summed E-state index contributed by atoms with van der Waals surface area (Å²) in [6, 6.07) is 11.2. The molecule has 7 nitrogen and oxygen atoms in total. The van der Waals surface area contributed by atoms with Crippen LogP contribution in [-0.4, -0.2) is 59.4 Å². The van der Waals surface area contributed by atoms with Crippen molar-refractivity contribution in [2.75, 3.05) is 36.4 Å². The minimum Gasteiger partial charge on any atom is -0.406 e. The number of amides is 1. The molecule has 1 fully saturated rings. The molecule has 0 spiro atoms. The molecule has 1 amide bonds. The van der Waals surface area contributed by atoms with Gasteiger partial charge in [0.15, 0.2) is 0 Å². The number of aromatic nitrogens is 2. The second-order valence-electron chi connectivity index (χ2n) is 8.90. The molecule has 1 aliphatic rings. The van der Waals surface area contributed by atoms with E-state index in [0.717, 1.165) is 48.7 Å². The van der Waals surface area contributed by atoms with Crippen LogP contribution in [0.25, 0.3) is 17.0 Å². The van der Waals surface area contributed by atoms with E-state index in [0.29, 0.717) is 17.3 Å². The molecule has 0 unspecified atom stereocenters. The fraction of sp³-hybridized carbons (Fsp3) is 0.346. The predicted molar refractivity (Wildman–Crippen MR) is 134 cm³/mol. The van der Waals surface area contributed by atoms with Crippen molar-refractivity contribution in [2.45, 2.75) is 33.2 Å². The van der Waals surface area contributed by atoms with Crippen LogP contribution in [0.2, 0.25) is 0 Å². The van der Waals surface area contributed by atoms with Crippen molar-refractivity contribution >= 4 is 34.5 Å². The highest BCUT2D eigenvalue weighted by atomic mass is 19.4. The highest BCUT2D eigenvalue weighted by Crippen LogP contribution is 2.25. The zero-order chi connectivity index (χ0) is 25.9. The molecule has 4 rings (SSSR count). The minimum absolute atomic E-state index is 0.321. The van der Waals surface area contributed by atoms with Gasteiger partial charge in [0.2, 0.25) is 11.9 Å². The van der Waals surface area contributed by atoms with Crippen molar-refractivity contribution in [1.29, 1.82) is 0 Å². The number of halogens is 3. The Bertz CT molecular complexity index is 1250. The van der Waals surface area contributed by atoms with Crippen LogP contribution in [0.1, 0.15) is 25.1 Å². The third kappa shape index (κ3) is 6.51. The number of carbonyl (C=O) groups is 1. The maximum atomic E-state index is 12.4. The Morgan fingerprint density at radius 3 is 2.39 bits per heavy atom. The van der Waals surface area contributed by atoms with E-state index in [1.54, 1.807) is 6.07 Å². The highest BCUT2D eigenvalue weighted by molar-refractivity contribution is 6.03. The van der Waals surface area contributed by atoms with Gasteiger partial charge in [-0.15, -0.1) is 13.2 Å². The van der Waals surface area contributed by atoms with Crippen LogP contribution in [-0.2, 0) is 4.79 Å². The fourth-order valence-electron chi connectivity index (χ4n) is 4.06. The molecule has 36 heavy (non-hydrogen) atoms. The van der Waals surface area contributed by atoms with Gasteiger partial charge in [0.25, 0.3) is 0 Å². The average molecular weight is 500 g/mol. The van der Waals surface area contributed by atoms with Gasteiger partial charge < -0.3 is 15.0 Å². The molecule has 1 N–H and O–H groups in total. The summed E-state index contributed by atoms with van der Waals surface area (Å²) in [6.45, 7) is 10.0. The molecule has 0 saturated carbocycles. The summed E-state index contributed by atoms with van der Waals surface area (Å²) < 4.78 is 40.6. The van der Waals surface area contributed by atoms with Gasteiger partial charge in [-0.05, 0) is 62.7 Å². The van der Waals surface area contributed by atoms with Gasteiger partial charge >= 0.3 is 6.36 Å². The molecule has 0 aliphatic carbocycles. The van der Waals surface area contributed by atoms with Crippen molar-refractivity contribution in [3.8, 4) is 5.75 Å². The number of ether oxygens (including phenoxy) is 1. The van der Waals surface area contributed by atoms with Gasteiger partial charge in [0.1, 0.15) is 5.75 Å². The summed E-state index contributed by atoms with van der Waals surface area (Å²) in [6.07, 6.45) is -1.93. The Morgan fingerprint density at radius 2 is 1.75 bits per heavy atom. The lowest BCUT2D eigenvalue weighted by Crippen LogP contribution is -2.49. The van der Waals surface area contributed by atoms with E-state index < -0.39 is 6.36 Å². The minimum atomic E-state index is -4.75. The second-order valence-corrected chi connectivity index (χ2v) is 8.90. The van der Waals surface area contributed by atoms with Crippen molar-refractivity contribution in [2.24, 2.45) is 0 Å². The van der Waals surface area contributed by atoms with E-state index in [1.807, 2.05) is 19.1 Å². The van der Waals surface area contributed by atoms with Gasteiger partial charge in [-0.1, -0.05) is 12.1 Å². The van der Waals surface area contributed by atoms with Crippen LogP contribution in [0.15, 0.2) is 48.5 Å². The summed E-state index contributed by atoms with van der Waals surface area (Å²) in [5.74, 6) is 0.0248. The molecule has 1 saturated heterocycles. The molecule has 10 heteroatoms. The SMILES string of the molecule is Cc1nc(N2CCN(C(C)C)CC2)nc2ccc(NC(=O)/C=C/c3ccc(OC(F)(F)F)cc3)cc12. The lowest BCUT2D eigenvalue weighted by Gasteiger charge is -2.37. The standard InChI is InChI=1S/C26H28F3N5O2/c1-17(2)33-12-14-34(15-13-33)25-30-18(3)22-16-20(7-10-23(22)32-25)31-24(35)11-6-19-4-8-21(9-5-19)36-26(27,28)29/h4-11,16-17H,12-15H2,1-3H3,(H,31,35)/b11-6+. The van der Waals surface area contributed by atoms with E-state index >= 15 is 0 Å². The smallest absolute Gasteiger partial charge is 0.406 e. The number of alkyl halides is 3. The van der Waals surface area contributed by atoms with E-state index in [9.17, 15) is 18.0 Å². The van der Waals surface area contributed by atoms with Gasteiger partial charge in [-0.3, -0.25) is 9.69 Å². The summed E-state index contributed by atoms with van der Waals surface area (Å²) in [5, 5.41) is 3.65. The lowest BCUT2D eigenvalue weighted by molar-refractivity contribution is -0.274. The summed E-state index contributed by atoms with van der Waals surface area (Å²) in [7, 11) is 0. The third-order valence-corrected chi connectivity index (χ3v) is 6.01. The van der Waals surface area contributed by atoms with Crippen LogP contribution in [0.3, 0.4) is 0 Å². The zero-order valence-electron chi connectivity index (χ0n) is 20.3. The monoisotopic (exact) mass is 499 g/mol. The predicted octanol–water partition coefficient (Wildman–Crippen LogP) is 5.02. The number of anilines is 2. The van der Waals surface area contributed by atoms with E-state index in [2.05, 4.69) is 33.7 Å². The second kappa shape index (κ2) is 10.5. The number of aryl methyl sites for hydroxylation is 1. The molecule has 1 aliphatic heterocycles. The first-order valence-electron chi connectivity index (χ1n) is 11.7. The number of hydrogen-bond acceptors (Lipinski definition) is 6. The van der Waals surface area contributed by atoms with Gasteiger partial charge in [0.05, 0.1) is 11.2 Å². The number of hydrogen-bond donors (Lipinski definition) is 1. The van der Waals surface area contributed by atoms with E-state index in [4.69, 9.17) is 9.97 Å². The lowest BCUT2D eigenvalue weighted by atomic mass is 10.1.